The summed E-state index contributed by atoms with van der Waals surface area (Å²) < 4.78 is 1.66. The Bertz CT molecular complexity index is 360. The number of carbonyl (C=O) groups excluding carboxylic acids is 1. The number of anilines is 1. The third-order valence-corrected chi connectivity index (χ3v) is 2.38. The van der Waals surface area contributed by atoms with Gasteiger partial charge in [0.15, 0.2) is 0 Å². The van der Waals surface area contributed by atoms with Crippen molar-refractivity contribution in [2.24, 2.45) is 7.05 Å². The molecule has 0 aliphatic heterocycles. The van der Waals surface area contributed by atoms with Crippen molar-refractivity contribution in [2.75, 3.05) is 12.3 Å². The van der Waals surface area contributed by atoms with Crippen molar-refractivity contribution in [3.05, 3.63) is 18.0 Å². The van der Waals surface area contributed by atoms with Crippen LogP contribution >= 0.6 is 0 Å². The van der Waals surface area contributed by atoms with Gasteiger partial charge in [0.1, 0.15) is 5.69 Å². The first kappa shape index (κ1) is 12.6. The molecule has 0 bridgehead atoms. The molecule has 4 N–H and O–H groups in total. The molecular formula is C11H19N3O2. The molecule has 1 amide bonds. The average Bonchev–Trinajstić information content (AvgIpc) is 2.55. The molecule has 0 aromatic carbocycles. The van der Waals surface area contributed by atoms with Crippen LogP contribution in [0, 0.1) is 0 Å². The monoisotopic (exact) mass is 225 g/mol. The SMILES string of the molecule is CCCC(O)CNC(=O)c1cc(N)cn1C. The van der Waals surface area contributed by atoms with Crippen LogP contribution in [0.4, 0.5) is 5.69 Å². The van der Waals surface area contributed by atoms with Crippen molar-refractivity contribution < 1.29 is 9.90 Å². The molecule has 90 valence electrons. The van der Waals surface area contributed by atoms with E-state index in [1.54, 1.807) is 23.9 Å². The molecule has 1 heterocycles. The number of hydrogen-bond donors (Lipinski definition) is 3. The molecule has 0 saturated carbocycles. The maximum atomic E-state index is 11.7. The minimum absolute atomic E-state index is 0.214. The lowest BCUT2D eigenvalue weighted by atomic mass is 10.2. The first-order valence-corrected chi connectivity index (χ1v) is 5.42. The van der Waals surface area contributed by atoms with E-state index < -0.39 is 6.10 Å². The standard InChI is InChI=1S/C11H19N3O2/c1-3-4-9(15)6-13-11(16)10-5-8(12)7-14(10)2/h5,7,9,15H,3-4,6,12H2,1-2H3,(H,13,16). The topological polar surface area (TPSA) is 80.3 Å². The second-order valence-corrected chi connectivity index (χ2v) is 3.92. The molecule has 1 rings (SSSR count). The van der Waals surface area contributed by atoms with Crippen LogP contribution in [0.5, 0.6) is 0 Å². The van der Waals surface area contributed by atoms with Crippen LogP contribution < -0.4 is 11.1 Å². The Balaban J connectivity index is 2.50. The van der Waals surface area contributed by atoms with Gasteiger partial charge in [-0.15, -0.1) is 0 Å². The van der Waals surface area contributed by atoms with Crippen molar-refractivity contribution in [1.29, 1.82) is 0 Å². The van der Waals surface area contributed by atoms with Gasteiger partial charge in [-0.3, -0.25) is 4.79 Å². The van der Waals surface area contributed by atoms with E-state index in [2.05, 4.69) is 5.32 Å². The normalized spacial score (nSPS) is 12.4. The number of carbonyl (C=O) groups is 1. The summed E-state index contributed by atoms with van der Waals surface area (Å²) in [6.45, 7) is 2.26. The number of nitrogens with zero attached hydrogens (tertiary/aromatic N) is 1. The summed E-state index contributed by atoms with van der Waals surface area (Å²) in [5, 5.41) is 12.1. The predicted octanol–water partition coefficient (Wildman–Crippen LogP) is 0.498. The minimum atomic E-state index is -0.480. The number of nitrogens with two attached hydrogens (primary N) is 1. The second kappa shape index (κ2) is 5.55. The molecule has 0 radical (unpaired) electrons. The van der Waals surface area contributed by atoms with Crippen molar-refractivity contribution in [1.82, 2.24) is 9.88 Å². The summed E-state index contributed by atoms with van der Waals surface area (Å²) >= 11 is 0. The fourth-order valence-corrected chi connectivity index (χ4v) is 1.55. The van der Waals surface area contributed by atoms with Crippen LogP contribution in [0.2, 0.25) is 0 Å². The molecule has 5 heteroatoms. The van der Waals surface area contributed by atoms with Crippen LogP contribution in [0.3, 0.4) is 0 Å². The quantitative estimate of drug-likeness (QED) is 0.682. The number of aryl methyl sites for hydroxylation is 1. The lowest BCUT2D eigenvalue weighted by molar-refractivity contribution is 0.0902. The number of aromatic nitrogens is 1. The molecule has 0 saturated heterocycles. The Morgan fingerprint density at radius 1 is 1.69 bits per heavy atom. The molecule has 1 aromatic heterocycles. The molecule has 1 atom stereocenters. The van der Waals surface area contributed by atoms with Crippen molar-refractivity contribution >= 4 is 11.6 Å². The van der Waals surface area contributed by atoms with Crippen LogP contribution in [0.1, 0.15) is 30.3 Å². The van der Waals surface area contributed by atoms with Crippen molar-refractivity contribution in [3.8, 4) is 0 Å². The van der Waals surface area contributed by atoms with Gasteiger partial charge < -0.3 is 20.7 Å². The number of nitrogen functional groups attached to an aromatic ring is 1. The maximum absolute atomic E-state index is 11.7. The summed E-state index contributed by atoms with van der Waals surface area (Å²) in [5.74, 6) is -0.214. The predicted molar refractivity (Wildman–Crippen MR) is 63.1 cm³/mol. The van der Waals surface area contributed by atoms with Gasteiger partial charge in [0.25, 0.3) is 5.91 Å². The van der Waals surface area contributed by atoms with Crippen molar-refractivity contribution in [2.45, 2.75) is 25.9 Å². The van der Waals surface area contributed by atoms with E-state index in [0.717, 1.165) is 6.42 Å². The lowest BCUT2D eigenvalue weighted by Gasteiger charge is -2.10. The van der Waals surface area contributed by atoms with Crippen LogP contribution in [0.15, 0.2) is 12.3 Å². The Morgan fingerprint density at radius 2 is 2.38 bits per heavy atom. The summed E-state index contributed by atoms with van der Waals surface area (Å²) in [5.41, 5.74) is 6.63. The third kappa shape index (κ3) is 3.27. The number of nitrogens with one attached hydrogen (secondary N) is 1. The van der Waals surface area contributed by atoms with E-state index in [-0.39, 0.29) is 12.5 Å². The maximum Gasteiger partial charge on any atom is 0.268 e. The Morgan fingerprint density at radius 3 is 2.88 bits per heavy atom. The van der Waals surface area contributed by atoms with E-state index in [9.17, 15) is 9.90 Å². The Labute approximate surface area is 95.3 Å². The van der Waals surface area contributed by atoms with Gasteiger partial charge in [-0.05, 0) is 12.5 Å². The fraction of sp³-hybridized carbons (Fsp3) is 0.545. The average molecular weight is 225 g/mol. The summed E-state index contributed by atoms with van der Waals surface area (Å²) in [7, 11) is 1.76. The van der Waals surface area contributed by atoms with Crippen LogP contribution in [-0.2, 0) is 7.05 Å². The first-order valence-electron chi connectivity index (χ1n) is 5.42. The summed E-state index contributed by atoms with van der Waals surface area (Å²) in [4.78, 5) is 11.7. The summed E-state index contributed by atoms with van der Waals surface area (Å²) in [6.07, 6.45) is 2.78. The van der Waals surface area contributed by atoms with Gasteiger partial charge in [-0.25, -0.2) is 0 Å². The van der Waals surface area contributed by atoms with E-state index in [1.165, 1.54) is 0 Å². The van der Waals surface area contributed by atoms with Crippen LogP contribution in [-0.4, -0.2) is 28.2 Å². The second-order valence-electron chi connectivity index (χ2n) is 3.92. The van der Waals surface area contributed by atoms with Gasteiger partial charge in [-0.2, -0.15) is 0 Å². The number of hydrogen-bond acceptors (Lipinski definition) is 3. The van der Waals surface area contributed by atoms with E-state index in [4.69, 9.17) is 5.73 Å². The molecular weight excluding hydrogens is 206 g/mol. The smallest absolute Gasteiger partial charge is 0.268 e. The first-order chi connectivity index (χ1) is 7.54. The van der Waals surface area contributed by atoms with Crippen LogP contribution in [0.25, 0.3) is 0 Å². The van der Waals surface area contributed by atoms with Gasteiger partial charge in [0.2, 0.25) is 0 Å². The van der Waals surface area contributed by atoms with E-state index in [0.29, 0.717) is 17.8 Å². The Hall–Kier alpha value is -1.49. The van der Waals surface area contributed by atoms with E-state index >= 15 is 0 Å². The summed E-state index contributed by atoms with van der Waals surface area (Å²) in [6, 6.07) is 1.61. The molecule has 0 aliphatic rings. The molecule has 0 spiro atoms. The highest BCUT2D eigenvalue weighted by molar-refractivity contribution is 5.93. The minimum Gasteiger partial charge on any atom is -0.397 e. The molecule has 16 heavy (non-hydrogen) atoms. The largest absolute Gasteiger partial charge is 0.397 e. The Kier molecular flexibility index (Phi) is 4.37. The van der Waals surface area contributed by atoms with Crippen molar-refractivity contribution in [3.63, 3.8) is 0 Å². The number of aliphatic hydroxyl groups is 1. The molecule has 0 fully saturated rings. The molecule has 1 unspecified atom stereocenters. The zero-order valence-corrected chi connectivity index (χ0v) is 9.73. The highest BCUT2D eigenvalue weighted by Gasteiger charge is 2.11. The van der Waals surface area contributed by atoms with Gasteiger partial charge in [-0.1, -0.05) is 13.3 Å². The number of amides is 1. The lowest BCUT2D eigenvalue weighted by Crippen LogP contribution is -2.32. The van der Waals surface area contributed by atoms with Gasteiger partial charge in [0, 0.05) is 19.8 Å². The fourth-order valence-electron chi connectivity index (χ4n) is 1.55. The third-order valence-electron chi connectivity index (χ3n) is 2.38. The molecule has 0 aliphatic carbocycles. The number of rotatable bonds is 5. The molecule has 1 aromatic rings. The van der Waals surface area contributed by atoms with E-state index in [1.807, 2.05) is 6.92 Å². The molecule has 5 nitrogen and oxygen atoms in total. The van der Waals surface area contributed by atoms with Gasteiger partial charge >= 0.3 is 0 Å². The zero-order valence-electron chi connectivity index (χ0n) is 9.73. The van der Waals surface area contributed by atoms with Gasteiger partial charge in [0.05, 0.1) is 11.8 Å². The number of aliphatic hydroxyl groups excluding tert-OH is 1. The highest BCUT2D eigenvalue weighted by atomic mass is 16.3. The highest BCUT2D eigenvalue weighted by Crippen LogP contribution is 2.08. The zero-order chi connectivity index (χ0) is 12.1.